The lowest BCUT2D eigenvalue weighted by Crippen LogP contribution is -2.24. The van der Waals surface area contributed by atoms with Crippen LogP contribution in [0.1, 0.15) is 30.7 Å². The van der Waals surface area contributed by atoms with Gasteiger partial charge in [-0.3, -0.25) is 24.3 Å². The van der Waals surface area contributed by atoms with Gasteiger partial charge in [0.1, 0.15) is 10.5 Å². The van der Waals surface area contributed by atoms with Crippen molar-refractivity contribution in [2.45, 2.75) is 44.8 Å². The largest absolute Gasteiger partial charge is 0.320 e. The third-order valence-electron chi connectivity index (χ3n) is 5.40. The average Bonchev–Trinajstić information content (AvgIpc) is 3.10. The van der Waals surface area contributed by atoms with Crippen molar-refractivity contribution in [3.8, 4) is 0 Å². The molecule has 1 aromatic carbocycles. The summed E-state index contributed by atoms with van der Waals surface area (Å²) in [6, 6.07) is 6.00. The highest BCUT2D eigenvalue weighted by atomic mass is 32.2. The first-order chi connectivity index (χ1) is 14.9. The quantitative estimate of drug-likeness (QED) is 0.256. The standard InChI is InChI=1S/C21H22N4O4S2/c1-3-24-20(27)18-13-9-8-12(2)10-16(13)31-19(18)23-21(24)30-11-17(26)22-14-6-4-5-7-15(14)25(28)29/h4-7,12H,3,8-11H2,1-2H3,(H,22,26). The normalized spacial score (nSPS) is 15.6. The molecule has 1 aliphatic rings. The molecule has 0 saturated carbocycles. The third-order valence-corrected chi connectivity index (χ3v) is 7.53. The summed E-state index contributed by atoms with van der Waals surface area (Å²) in [5, 5.41) is 14.9. The van der Waals surface area contributed by atoms with Gasteiger partial charge in [0, 0.05) is 17.5 Å². The summed E-state index contributed by atoms with van der Waals surface area (Å²) < 4.78 is 1.61. The monoisotopic (exact) mass is 458 g/mol. The van der Waals surface area contributed by atoms with Crippen molar-refractivity contribution in [1.29, 1.82) is 0 Å². The number of para-hydroxylation sites is 2. The van der Waals surface area contributed by atoms with Crippen LogP contribution in [0.5, 0.6) is 0 Å². The van der Waals surface area contributed by atoms with Gasteiger partial charge in [-0.05, 0) is 43.7 Å². The number of anilines is 1. The lowest BCUT2D eigenvalue weighted by atomic mass is 9.89. The molecule has 0 bridgehead atoms. The summed E-state index contributed by atoms with van der Waals surface area (Å²) in [5.41, 5.74) is 1.07. The second-order valence-corrected chi connectivity index (χ2v) is 9.61. The van der Waals surface area contributed by atoms with Gasteiger partial charge in [0.15, 0.2) is 5.16 Å². The number of nitro groups is 1. The first-order valence-electron chi connectivity index (χ1n) is 10.1. The first-order valence-corrected chi connectivity index (χ1v) is 11.9. The number of thioether (sulfide) groups is 1. The maximum Gasteiger partial charge on any atom is 0.292 e. The Hall–Kier alpha value is -2.72. The Labute approximate surface area is 186 Å². The van der Waals surface area contributed by atoms with Gasteiger partial charge in [-0.1, -0.05) is 30.8 Å². The van der Waals surface area contributed by atoms with E-state index in [1.165, 1.54) is 28.8 Å². The zero-order chi connectivity index (χ0) is 22.1. The fraction of sp³-hybridized carbons (Fsp3) is 0.381. The number of fused-ring (bicyclic) bond motifs is 3. The molecule has 3 aromatic rings. The van der Waals surface area contributed by atoms with Crippen LogP contribution < -0.4 is 10.9 Å². The van der Waals surface area contributed by atoms with E-state index < -0.39 is 10.8 Å². The minimum Gasteiger partial charge on any atom is -0.320 e. The lowest BCUT2D eigenvalue weighted by Gasteiger charge is -2.17. The molecule has 1 atom stereocenters. The molecule has 0 radical (unpaired) electrons. The molecule has 0 saturated heterocycles. The Morgan fingerprint density at radius 3 is 2.94 bits per heavy atom. The number of amides is 1. The lowest BCUT2D eigenvalue weighted by molar-refractivity contribution is -0.383. The molecule has 8 nitrogen and oxygen atoms in total. The second kappa shape index (κ2) is 8.80. The molecule has 10 heteroatoms. The Morgan fingerprint density at radius 1 is 1.42 bits per heavy atom. The summed E-state index contributed by atoms with van der Waals surface area (Å²) in [5.74, 6) is 0.204. The van der Waals surface area contributed by atoms with Gasteiger partial charge < -0.3 is 5.32 Å². The average molecular weight is 459 g/mol. The number of nitro benzene ring substituents is 1. The van der Waals surface area contributed by atoms with Crippen LogP contribution in [0.15, 0.2) is 34.2 Å². The van der Waals surface area contributed by atoms with E-state index in [0.717, 1.165) is 35.0 Å². The maximum absolute atomic E-state index is 13.2. The molecular weight excluding hydrogens is 436 g/mol. The van der Waals surface area contributed by atoms with Crippen molar-refractivity contribution in [3.63, 3.8) is 0 Å². The maximum atomic E-state index is 13.2. The molecule has 0 aliphatic heterocycles. The van der Waals surface area contributed by atoms with E-state index in [1.54, 1.807) is 28.0 Å². The van der Waals surface area contributed by atoms with Crippen LogP contribution in [0.25, 0.3) is 10.2 Å². The van der Waals surface area contributed by atoms with Gasteiger partial charge in [0.2, 0.25) is 5.91 Å². The first kappa shape index (κ1) is 21.5. The summed E-state index contributed by atoms with van der Waals surface area (Å²) in [6.07, 6.45) is 2.96. The van der Waals surface area contributed by atoms with Crippen LogP contribution in [-0.2, 0) is 24.2 Å². The molecule has 31 heavy (non-hydrogen) atoms. The van der Waals surface area contributed by atoms with E-state index in [-0.39, 0.29) is 22.7 Å². The van der Waals surface area contributed by atoms with E-state index in [4.69, 9.17) is 4.98 Å². The van der Waals surface area contributed by atoms with Crippen molar-refractivity contribution < 1.29 is 9.72 Å². The van der Waals surface area contributed by atoms with Crippen molar-refractivity contribution >= 4 is 50.6 Å². The molecule has 2 heterocycles. The number of carbonyl (C=O) groups excluding carboxylic acids is 1. The molecule has 1 aliphatic carbocycles. The highest BCUT2D eigenvalue weighted by molar-refractivity contribution is 7.99. The van der Waals surface area contributed by atoms with Crippen molar-refractivity contribution in [1.82, 2.24) is 9.55 Å². The minimum absolute atomic E-state index is 0.00782. The third kappa shape index (κ3) is 4.22. The van der Waals surface area contributed by atoms with E-state index in [2.05, 4.69) is 12.2 Å². The molecule has 1 unspecified atom stereocenters. The van der Waals surface area contributed by atoms with E-state index in [0.29, 0.717) is 17.6 Å². The Bertz CT molecular complexity index is 1230. The van der Waals surface area contributed by atoms with Crippen molar-refractivity contribution in [2.75, 3.05) is 11.1 Å². The molecule has 0 spiro atoms. The van der Waals surface area contributed by atoms with Crippen LogP contribution in [0.4, 0.5) is 11.4 Å². The SMILES string of the molecule is CCn1c(SCC(=O)Nc2ccccc2[N+](=O)[O-])nc2sc3c(c2c1=O)CCC(C)C3. The van der Waals surface area contributed by atoms with Gasteiger partial charge >= 0.3 is 0 Å². The summed E-state index contributed by atoms with van der Waals surface area (Å²) in [6.45, 7) is 4.56. The topological polar surface area (TPSA) is 107 Å². The fourth-order valence-corrected chi connectivity index (χ4v) is 6.14. The van der Waals surface area contributed by atoms with Crippen LogP contribution in [0.2, 0.25) is 0 Å². The number of benzene rings is 1. The van der Waals surface area contributed by atoms with Crippen molar-refractivity contribution in [3.05, 3.63) is 55.2 Å². The van der Waals surface area contributed by atoms with E-state index >= 15 is 0 Å². The predicted octanol–water partition coefficient (Wildman–Crippen LogP) is 4.24. The number of nitrogens with one attached hydrogen (secondary N) is 1. The molecule has 162 valence electrons. The van der Waals surface area contributed by atoms with Gasteiger partial charge in [-0.25, -0.2) is 4.98 Å². The second-order valence-electron chi connectivity index (χ2n) is 7.59. The zero-order valence-electron chi connectivity index (χ0n) is 17.2. The van der Waals surface area contributed by atoms with Crippen LogP contribution in [-0.4, -0.2) is 26.1 Å². The van der Waals surface area contributed by atoms with Gasteiger partial charge in [0.05, 0.1) is 16.1 Å². The fourth-order valence-electron chi connectivity index (χ4n) is 3.85. The van der Waals surface area contributed by atoms with Crippen LogP contribution >= 0.6 is 23.1 Å². The molecular formula is C21H22N4O4S2. The van der Waals surface area contributed by atoms with Gasteiger partial charge in [-0.15, -0.1) is 11.3 Å². The Morgan fingerprint density at radius 2 is 2.19 bits per heavy atom. The Balaban J connectivity index is 1.58. The molecule has 4 rings (SSSR count). The Kier molecular flexibility index (Phi) is 6.10. The van der Waals surface area contributed by atoms with Crippen molar-refractivity contribution in [2.24, 2.45) is 5.92 Å². The smallest absolute Gasteiger partial charge is 0.292 e. The highest BCUT2D eigenvalue weighted by Crippen LogP contribution is 2.36. The number of nitrogens with zero attached hydrogens (tertiary/aromatic N) is 3. The van der Waals surface area contributed by atoms with Gasteiger partial charge in [0.25, 0.3) is 11.2 Å². The summed E-state index contributed by atoms with van der Waals surface area (Å²) in [7, 11) is 0. The molecule has 2 aromatic heterocycles. The van der Waals surface area contributed by atoms with E-state index in [1.807, 2.05) is 6.92 Å². The number of aromatic nitrogens is 2. The number of thiophene rings is 1. The van der Waals surface area contributed by atoms with Crippen LogP contribution in [0, 0.1) is 16.0 Å². The molecule has 1 amide bonds. The predicted molar refractivity (Wildman–Crippen MR) is 123 cm³/mol. The number of carbonyl (C=O) groups is 1. The molecule has 1 N–H and O–H groups in total. The van der Waals surface area contributed by atoms with Gasteiger partial charge in [-0.2, -0.15) is 0 Å². The summed E-state index contributed by atoms with van der Waals surface area (Å²) in [4.78, 5) is 42.9. The van der Waals surface area contributed by atoms with E-state index in [9.17, 15) is 19.7 Å². The molecule has 0 fully saturated rings. The highest BCUT2D eigenvalue weighted by Gasteiger charge is 2.25. The number of aryl methyl sites for hydroxylation is 1. The number of hydrogen-bond acceptors (Lipinski definition) is 7. The number of hydrogen-bond donors (Lipinski definition) is 1. The zero-order valence-corrected chi connectivity index (χ0v) is 18.8. The summed E-state index contributed by atoms with van der Waals surface area (Å²) >= 11 is 2.75. The minimum atomic E-state index is -0.535. The number of rotatable bonds is 6. The van der Waals surface area contributed by atoms with Crippen LogP contribution in [0.3, 0.4) is 0 Å².